The molecule has 0 N–H and O–H groups in total. The number of benzene rings is 7. The number of rotatable bonds is 4. The van der Waals surface area contributed by atoms with Crippen LogP contribution in [0.5, 0.6) is 0 Å². The van der Waals surface area contributed by atoms with Gasteiger partial charge in [-0.25, -0.2) is 0 Å². The van der Waals surface area contributed by atoms with Gasteiger partial charge in [-0.1, -0.05) is 172 Å². The molecule has 11 rings (SSSR count). The van der Waals surface area contributed by atoms with Crippen molar-refractivity contribution >= 4 is 66.9 Å². The van der Waals surface area contributed by atoms with Gasteiger partial charge in [0.1, 0.15) is 0 Å². The van der Waals surface area contributed by atoms with Crippen LogP contribution in [0.4, 0.5) is 27.8 Å². The average molecular weight is 851 g/mol. The molecule has 0 saturated carbocycles. The molecule has 8 aromatic rings. The van der Waals surface area contributed by atoms with Crippen LogP contribution in [0.3, 0.4) is 0 Å². The van der Waals surface area contributed by atoms with Crippen molar-refractivity contribution in [2.24, 2.45) is 0 Å². The molecule has 64 heavy (non-hydrogen) atoms. The number of anilines is 5. The predicted molar refractivity (Wildman–Crippen MR) is 279 cm³/mol. The van der Waals surface area contributed by atoms with Crippen LogP contribution in [0.1, 0.15) is 104 Å². The summed E-state index contributed by atoms with van der Waals surface area (Å²) in [5, 5.41) is 2.63. The van der Waals surface area contributed by atoms with E-state index in [0.717, 1.165) is 0 Å². The van der Waals surface area contributed by atoms with Crippen molar-refractivity contribution in [2.75, 3.05) is 9.71 Å². The summed E-state index contributed by atoms with van der Waals surface area (Å²) in [4.78, 5) is 5.41. The van der Waals surface area contributed by atoms with Gasteiger partial charge in [0.15, 0.2) is 0 Å². The van der Waals surface area contributed by atoms with Crippen molar-refractivity contribution in [2.45, 2.75) is 104 Å². The van der Waals surface area contributed by atoms with Gasteiger partial charge in [0.05, 0.1) is 10.7 Å². The largest absolute Gasteiger partial charge is 0.376 e. The van der Waals surface area contributed by atoms with E-state index >= 15 is 0 Å². The standard InChI is InChI=1S/C60H59BN2S/c1-57(2,3)41-26-30-50(45(34-41)39-21-15-12-16-22-39)62-52-36-42(58(4,5)6)35-47-46-33-40(38-19-13-11-14-20-38)25-29-51(46)63(43-27-28-48-49(37-43)60(9,10)32-31-59(48,7)8)61(54(47)52)55-44-23-17-18-24-53(44)64-56(55)62/h11-30,33-37H,31-32H2,1-10H3. The van der Waals surface area contributed by atoms with Crippen LogP contribution in [-0.2, 0) is 21.7 Å². The van der Waals surface area contributed by atoms with Crippen molar-refractivity contribution in [1.29, 1.82) is 0 Å². The Labute approximate surface area is 385 Å². The summed E-state index contributed by atoms with van der Waals surface area (Å²) < 4.78 is 1.31. The molecule has 0 fully saturated rings. The van der Waals surface area contributed by atoms with Gasteiger partial charge in [0.2, 0.25) is 0 Å². The van der Waals surface area contributed by atoms with E-state index in [1.54, 1.807) is 0 Å². The van der Waals surface area contributed by atoms with E-state index in [-0.39, 0.29) is 28.5 Å². The Hall–Kier alpha value is -5.84. The highest BCUT2D eigenvalue weighted by molar-refractivity contribution is 7.26. The fraction of sp³-hybridized carbons (Fsp3) is 0.267. The van der Waals surface area contributed by atoms with Crippen LogP contribution in [0.25, 0.3) is 43.5 Å². The number of thiophene rings is 1. The van der Waals surface area contributed by atoms with Crippen LogP contribution in [-0.4, -0.2) is 6.85 Å². The second-order valence-electron chi connectivity index (χ2n) is 22.1. The van der Waals surface area contributed by atoms with Gasteiger partial charge < -0.3 is 9.71 Å². The Morgan fingerprint density at radius 2 is 1.11 bits per heavy atom. The molecular formula is C60H59BN2S. The van der Waals surface area contributed by atoms with E-state index in [1.807, 2.05) is 11.3 Å². The van der Waals surface area contributed by atoms with E-state index in [9.17, 15) is 0 Å². The van der Waals surface area contributed by atoms with Gasteiger partial charge >= 0.3 is 6.85 Å². The molecule has 318 valence electrons. The second kappa shape index (κ2) is 14.3. The maximum absolute atomic E-state index is 2.74. The van der Waals surface area contributed by atoms with E-state index in [4.69, 9.17) is 0 Å². The highest BCUT2D eigenvalue weighted by Crippen LogP contribution is 2.54. The highest BCUT2D eigenvalue weighted by atomic mass is 32.1. The minimum absolute atomic E-state index is 0.0114. The molecule has 2 aliphatic heterocycles. The summed E-state index contributed by atoms with van der Waals surface area (Å²) in [5.41, 5.74) is 21.0. The Morgan fingerprint density at radius 3 is 1.81 bits per heavy atom. The summed E-state index contributed by atoms with van der Waals surface area (Å²) >= 11 is 1.94. The van der Waals surface area contributed by atoms with E-state index in [1.165, 1.54) is 117 Å². The van der Waals surface area contributed by atoms with Gasteiger partial charge in [-0.15, -0.1) is 11.3 Å². The number of fused-ring (bicyclic) bond motifs is 7. The first kappa shape index (κ1) is 40.9. The molecule has 0 amide bonds. The fourth-order valence-corrected chi connectivity index (χ4v) is 12.2. The molecule has 0 bridgehead atoms. The average Bonchev–Trinajstić information content (AvgIpc) is 3.67. The molecule has 0 unspecified atom stereocenters. The van der Waals surface area contributed by atoms with Gasteiger partial charge in [-0.3, -0.25) is 0 Å². The lowest BCUT2D eigenvalue weighted by Gasteiger charge is -2.47. The summed E-state index contributed by atoms with van der Waals surface area (Å²) in [6, 6.07) is 58.3. The molecule has 4 heteroatoms. The van der Waals surface area contributed by atoms with E-state index in [2.05, 4.69) is 231 Å². The molecular weight excluding hydrogens is 792 g/mol. The van der Waals surface area contributed by atoms with Gasteiger partial charge in [-0.05, 0) is 144 Å². The van der Waals surface area contributed by atoms with Crippen molar-refractivity contribution in [1.82, 2.24) is 0 Å². The van der Waals surface area contributed by atoms with E-state index in [0.29, 0.717) is 0 Å². The monoisotopic (exact) mass is 850 g/mol. The second-order valence-corrected chi connectivity index (χ2v) is 23.1. The molecule has 3 aliphatic rings. The van der Waals surface area contributed by atoms with E-state index < -0.39 is 0 Å². The topological polar surface area (TPSA) is 6.48 Å². The first-order chi connectivity index (χ1) is 30.5. The van der Waals surface area contributed by atoms with Gasteiger partial charge in [-0.2, -0.15) is 0 Å². The zero-order chi connectivity index (χ0) is 44.5. The maximum Gasteiger partial charge on any atom is 0.334 e. The quantitative estimate of drug-likeness (QED) is 0.163. The minimum Gasteiger partial charge on any atom is -0.376 e. The Kier molecular flexibility index (Phi) is 9.16. The molecule has 0 radical (unpaired) electrons. The van der Waals surface area contributed by atoms with Crippen LogP contribution >= 0.6 is 11.3 Å². The van der Waals surface area contributed by atoms with Crippen LogP contribution in [0.2, 0.25) is 0 Å². The lowest BCUT2D eigenvalue weighted by atomic mass is 9.43. The first-order valence-corrected chi connectivity index (χ1v) is 24.2. The molecule has 1 aromatic heterocycles. The lowest BCUT2D eigenvalue weighted by Crippen LogP contribution is -2.61. The fourth-order valence-electron chi connectivity index (χ4n) is 11.0. The zero-order valence-corrected chi connectivity index (χ0v) is 40.0. The van der Waals surface area contributed by atoms with Crippen LogP contribution in [0, 0.1) is 0 Å². The van der Waals surface area contributed by atoms with Crippen molar-refractivity contribution < 1.29 is 0 Å². The van der Waals surface area contributed by atoms with Crippen molar-refractivity contribution in [3.8, 4) is 33.4 Å². The molecule has 7 aromatic carbocycles. The molecule has 2 nitrogen and oxygen atoms in total. The lowest BCUT2D eigenvalue weighted by molar-refractivity contribution is 0.332. The third-order valence-electron chi connectivity index (χ3n) is 14.8. The SMILES string of the molecule is CC(C)(C)c1ccc(N2c3cc(C(C)(C)C)cc4c3B(c3c2sc2ccccc32)N(c2ccc3c(c2)C(C)(C)CCC3(C)C)c2ccc(-c3ccccc3)cc2-4)c(-c2ccccc2)c1. The number of hydrogen-bond acceptors (Lipinski definition) is 3. The third-order valence-corrected chi connectivity index (χ3v) is 16.0. The van der Waals surface area contributed by atoms with Crippen LogP contribution < -0.4 is 20.6 Å². The third kappa shape index (κ3) is 6.42. The van der Waals surface area contributed by atoms with Crippen LogP contribution in [0.15, 0.2) is 152 Å². The summed E-state index contributed by atoms with van der Waals surface area (Å²) in [5.74, 6) is 0. The highest BCUT2D eigenvalue weighted by Gasteiger charge is 2.48. The Bertz CT molecular complexity index is 3140. The Balaban J connectivity index is 1.28. The van der Waals surface area contributed by atoms with Gasteiger partial charge in [0, 0.05) is 32.9 Å². The summed E-state index contributed by atoms with van der Waals surface area (Å²) in [7, 11) is 0. The van der Waals surface area contributed by atoms with Crippen molar-refractivity contribution in [3.05, 3.63) is 174 Å². The first-order valence-electron chi connectivity index (χ1n) is 23.3. The number of nitrogens with zero attached hydrogens (tertiary/aromatic N) is 2. The number of hydrogen-bond donors (Lipinski definition) is 0. The smallest absolute Gasteiger partial charge is 0.334 e. The van der Waals surface area contributed by atoms with Crippen molar-refractivity contribution in [3.63, 3.8) is 0 Å². The summed E-state index contributed by atoms with van der Waals surface area (Å²) in [6.45, 7) is 23.8. The molecule has 0 atom stereocenters. The molecule has 1 aliphatic carbocycles. The maximum atomic E-state index is 2.74. The molecule has 0 saturated heterocycles. The molecule has 3 heterocycles. The predicted octanol–water partition coefficient (Wildman–Crippen LogP) is 15.9. The summed E-state index contributed by atoms with van der Waals surface area (Å²) in [6.07, 6.45) is 2.36. The van der Waals surface area contributed by atoms with Gasteiger partial charge in [0.25, 0.3) is 0 Å². The minimum atomic E-state index is -0.100. The molecule has 0 spiro atoms. The normalized spacial score (nSPS) is 16.0. The Morgan fingerprint density at radius 1 is 0.484 bits per heavy atom. The zero-order valence-electron chi connectivity index (χ0n) is 39.2.